The zero-order valence-corrected chi connectivity index (χ0v) is 25.9. The van der Waals surface area contributed by atoms with Gasteiger partial charge in [-0.05, 0) is 72.5 Å². The van der Waals surface area contributed by atoms with Gasteiger partial charge >= 0.3 is 0 Å². The molecule has 0 amide bonds. The Morgan fingerprint density at radius 3 is 1.07 bits per heavy atom. The molecule has 43 heavy (non-hydrogen) atoms. The van der Waals surface area contributed by atoms with E-state index in [1.807, 2.05) is 54.6 Å². The van der Waals surface area contributed by atoms with Crippen molar-refractivity contribution in [2.45, 2.75) is 89.9 Å². The van der Waals surface area contributed by atoms with Crippen LogP contribution in [0.1, 0.15) is 89.9 Å². The Kier molecular flexibility index (Phi) is 15.1. The molecule has 0 saturated carbocycles. The van der Waals surface area contributed by atoms with Crippen LogP contribution in [-0.4, -0.2) is 13.2 Å². The van der Waals surface area contributed by atoms with Crippen LogP contribution in [0.4, 0.5) is 0 Å². The standard InChI is InChI=1S/C40H50O3/c1(3-5-7-9-11-19-33-41-37-27-25-36(26-28-37)35-21-15-13-16-22-35)2-4-6-8-10-12-20-34-42-38-29-31-40(32-30-38)43-39-23-17-14-18-24-39/h13-18,21-32H,1-12,19-20,33-34H2. The van der Waals surface area contributed by atoms with Crippen LogP contribution in [0.2, 0.25) is 0 Å². The fourth-order valence-electron chi connectivity index (χ4n) is 5.31. The van der Waals surface area contributed by atoms with Crippen LogP contribution in [0.25, 0.3) is 11.1 Å². The van der Waals surface area contributed by atoms with Gasteiger partial charge in [0.05, 0.1) is 13.2 Å². The zero-order valence-electron chi connectivity index (χ0n) is 25.9. The highest BCUT2D eigenvalue weighted by Gasteiger charge is 2.01. The first kappa shape index (κ1) is 32.2. The third kappa shape index (κ3) is 13.4. The lowest BCUT2D eigenvalue weighted by Gasteiger charge is -2.08. The molecule has 0 heterocycles. The van der Waals surface area contributed by atoms with Gasteiger partial charge in [-0.2, -0.15) is 0 Å². The van der Waals surface area contributed by atoms with Crippen LogP contribution < -0.4 is 14.2 Å². The van der Waals surface area contributed by atoms with E-state index in [4.69, 9.17) is 14.2 Å². The Balaban J connectivity index is 0.873. The third-order valence-corrected chi connectivity index (χ3v) is 7.84. The molecule has 3 heteroatoms. The Morgan fingerprint density at radius 1 is 0.279 bits per heavy atom. The summed E-state index contributed by atoms with van der Waals surface area (Å²) in [5, 5.41) is 0. The molecular formula is C40H50O3. The van der Waals surface area contributed by atoms with Gasteiger partial charge in [-0.15, -0.1) is 0 Å². The van der Waals surface area contributed by atoms with Gasteiger partial charge in [-0.3, -0.25) is 0 Å². The largest absolute Gasteiger partial charge is 0.494 e. The highest BCUT2D eigenvalue weighted by atomic mass is 16.5. The number of rotatable bonds is 22. The van der Waals surface area contributed by atoms with Crippen molar-refractivity contribution in [3.63, 3.8) is 0 Å². The van der Waals surface area contributed by atoms with Crippen LogP contribution in [-0.2, 0) is 0 Å². The van der Waals surface area contributed by atoms with Crippen molar-refractivity contribution in [1.29, 1.82) is 0 Å². The van der Waals surface area contributed by atoms with Gasteiger partial charge in [0, 0.05) is 0 Å². The van der Waals surface area contributed by atoms with Gasteiger partial charge in [-0.1, -0.05) is 138 Å². The molecule has 0 saturated heterocycles. The molecule has 0 fully saturated rings. The highest BCUT2D eigenvalue weighted by molar-refractivity contribution is 5.63. The molecule has 0 unspecified atom stereocenters. The summed E-state index contributed by atoms with van der Waals surface area (Å²) in [6, 6.07) is 36.7. The molecule has 4 aromatic rings. The first-order valence-corrected chi connectivity index (χ1v) is 16.6. The van der Waals surface area contributed by atoms with E-state index in [2.05, 4.69) is 54.6 Å². The Bertz CT molecular complexity index is 1220. The molecule has 4 rings (SSSR count). The molecule has 0 aliphatic heterocycles. The van der Waals surface area contributed by atoms with Crippen molar-refractivity contribution >= 4 is 0 Å². The van der Waals surface area contributed by atoms with E-state index in [0.29, 0.717) is 0 Å². The summed E-state index contributed by atoms with van der Waals surface area (Å²) in [5.41, 5.74) is 2.48. The normalized spacial score (nSPS) is 10.9. The SMILES string of the molecule is c1ccc(Oc2ccc(OCCCCCCCCCCCCCCCCOc3ccc(-c4ccccc4)cc3)cc2)cc1. The molecule has 4 aromatic carbocycles. The van der Waals surface area contributed by atoms with Crippen molar-refractivity contribution in [2.75, 3.05) is 13.2 Å². The van der Waals surface area contributed by atoms with Crippen LogP contribution in [0, 0.1) is 0 Å². The van der Waals surface area contributed by atoms with E-state index in [9.17, 15) is 0 Å². The summed E-state index contributed by atoms with van der Waals surface area (Å²) in [4.78, 5) is 0. The van der Waals surface area contributed by atoms with Crippen molar-refractivity contribution < 1.29 is 14.2 Å². The van der Waals surface area contributed by atoms with Crippen LogP contribution in [0.5, 0.6) is 23.0 Å². The quantitative estimate of drug-likeness (QED) is 0.0868. The molecule has 228 valence electrons. The Hall–Kier alpha value is -3.72. The summed E-state index contributed by atoms with van der Waals surface area (Å²) >= 11 is 0. The monoisotopic (exact) mass is 578 g/mol. The average Bonchev–Trinajstić information content (AvgIpc) is 3.06. The minimum atomic E-state index is 0.787. The predicted octanol–water partition coefficient (Wildman–Crippen LogP) is 12.1. The maximum absolute atomic E-state index is 5.94. The maximum atomic E-state index is 5.94. The summed E-state index contributed by atoms with van der Waals surface area (Å²) < 4.78 is 17.7. The average molecular weight is 579 g/mol. The molecule has 0 aromatic heterocycles. The van der Waals surface area contributed by atoms with Crippen molar-refractivity contribution in [1.82, 2.24) is 0 Å². The molecule has 0 radical (unpaired) electrons. The first-order valence-electron chi connectivity index (χ1n) is 16.6. The molecule has 0 spiro atoms. The van der Waals surface area contributed by atoms with Gasteiger partial charge in [0.25, 0.3) is 0 Å². The van der Waals surface area contributed by atoms with Gasteiger partial charge in [-0.25, -0.2) is 0 Å². The van der Waals surface area contributed by atoms with Crippen molar-refractivity contribution in [3.05, 3.63) is 109 Å². The molecule has 0 aliphatic carbocycles. The molecule has 0 atom stereocenters. The Labute approximate surface area is 260 Å². The van der Waals surface area contributed by atoms with E-state index in [1.165, 1.54) is 88.2 Å². The summed E-state index contributed by atoms with van der Waals surface area (Å²) in [7, 11) is 0. The summed E-state index contributed by atoms with van der Waals surface area (Å²) in [6.45, 7) is 1.60. The second-order valence-electron chi connectivity index (χ2n) is 11.4. The lowest BCUT2D eigenvalue weighted by molar-refractivity contribution is 0.303. The number of hydrogen-bond acceptors (Lipinski definition) is 3. The highest BCUT2D eigenvalue weighted by Crippen LogP contribution is 2.24. The minimum absolute atomic E-state index is 0.787. The number of unbranched alkanes of at least 4 members (excludes halogenated alkanes) is 13. The molecule has 0 bridgehead atoms. The summed E-state index contributed by atoms with van der Waals surface area (Å²) in [5.74, 6) is 3.57. The molecule has 0 N–H and O–H groups in total. The topological polar surface area (TPSA) is 27.7 Å². The van der Waals surface area contributed by atoms with Crippen LogP contribution in [0.15, 0.2) is 109 Å². The predicted molar refractivity (Wildman–Crippen MR) is 180 cm³/mol. The molecular weight excluding hydrogens is 528 g/mol. The number of benzene rings is 4. The fraction of sp³-hybridized carbons (Fsp3) is 0.400. The van der Waals surface area contributed by atoms with Gasteiger partial charge in [0.2, 0.25) is 0 Å². The smallest absolute Gasteiger partial charge is 0.127 e. The van der Waals surface area contributed by atoms with E-state index in [-0.39, 0.29) is 0 Å². The van der Waals surface area contributed by atoms with Gasteiger partial charge in [0.15, 0.2) is 0 Å². The number of para-hydroxylation sites is 1. The minimum Gasteiger partial charge on any atom is -0.494 e. The Morgan fingerprint density at radius 2 is 0.605 bits per heavy atom. The van der Waals surface area contributed by atoms with E-state index < -0.39 is 0 Å². The summed E-state index contributed by atoms with van der Waals surface area (Å²) in [6.07, 6.45) is 18.5. The second-order valence-corrected chi connectivity index (χ2v) is 11.4. The fourth-order valence-corrected chi connectivity index (χ4v) is 5.31. The lowest BCUT2D eigenvalue weighted by atomic mass is 10.0. The maximum Gasteiger partial charge on any atom is 0.127 e. The second kappa shape index (κ2) is 20.2. The van der Waals surface area contributed by atoms with Gasteiger partial charge < -0.3 is 14.2 Å². The van der Waals surface area contributed by atoms with E-state index >= 15 is 0 Å². The lowest BCUT2D eigenvalue weighted by Crippen LogP contribution is -1.97. The van der Waals surface area contributed by atoms with E-state index in [1.54, 1.807) is 0 Å². The van der Waals surface area contributed by atoms with Gasteiger partial charge in [0.1, 0.15) is 23.0 Å². The van der Waals surface area contributed by atoms with Crippen molar-refractivity contribution in [3.8, 4) is 34.1 Å². The molecule has 3 nitrogen and oxygen atoms in total. The first-order chi connectivity index (χ1) is 21.4. The van der Waals surface area contributed by atoms with Crippen molar-refractivity contribution in [2.24, 2.45) is 0 Å². The molecule has 0 aliphatic rings. The number of ether oxygens (including phenoxy) is 3. The van der Waals surface area contributed by atoms with E-state index in [0.717, 1.165) is 49.1 Å². The van der Waals surface area contributed by atoms with Crippen LogP contribution in [0.3, 0.4) is 0 Å². The zero-order chi connectivity index (χ0) is 29.6. The number of hydrogen-bond donors (Lipinski definition) is 0. The third-order valence-electron chi connectivity index (χ3n) is 7.84. The van der Waals surface area contributed by atoms with Crippen LogP contribution >= 0.6 is 0 Å².